The molecular weight excluding hydrogens is 145 g/mol. The fourth-order valence-electron chi connectivity index (χ4n) is 1.23. The van der Waals surface area contributed by atoms with Crippen molar-refractivity contribution in [3.05, 3.63) is 23.2 Å². The standard InChI is InChI=1S/C8H8FNO/c1-5-10-7-4-6(9)2-3-8(7)11-5/h4H,2-3H2,1H3. The summed E-state index contributed by atoms with van der Waals surface area (Å²) in [5.41, 5.74) is 0.659. The lowest BCUT2D eigenvalue weighted by Crippen LogP contribution is -1.93. The van der Waals surface area contributed by atoms with Gasteiger partial charge in [-0.3, -0.25) is 0 Å². The second-order valence-electron chi connectivity index (χ2n) is 2.63. The topological polar surface area (TPSA) is 26.0 Å². The van der Waals surface area contributed by atoms with E-state index in [0.29, 0.717) is 24.4 Å². The highest BCUT2D eigenvalue weighted by Crippen LogP contribution is 2.24. The summed E-state index contributed by atoms with van der Waals surface area (Å²) < 4.78 is 17.9. The second kappa shape index (κ2) is 2.19. The summed E-state index contributed by atoms with van der Waals surface area (Å²) in [6.45, 7) is 1.77. The summed E-state index contributed by atoms with van der Waals surface area (Å²) in [7, 11) is 0. The smallest absolute Gasteiger partial charge is 0.191 e. The van der Waals surface area contributed by atoms with Gasteiger partial charge in [0, 0.05) is 19.8 Å². The van der Waals surface area contributed by atoms with Crippen LogP contribution in [0.1, 0.15) is 23.8 Å². The first-order valence-electron chi connectivity index (χ1n) is 3.58. The molecule has 0 aliphatic heterocycles. The molecular formula is C8H8FNO. The number of nitrogens with zero attached hydrogens (tertiary/aromatic N) is 1. The number of fused-ring (bicyclic) bond motifs is 1. The van der Waals surface area contributed by atoms with Crippen molar-refractivity contribution in [1.29, 1.82) is 0 Å². The summed E-state index contributed by atoms with van der Waals surface area (Å²) in [5.74, 6) is 1.32. The number of allylic oxidation sites excluding steroid dienone is 1. The van der Waals surface area contributed by atoms with E-state index < -0.39 is 0 Å². The summed E-state index contributed by atoms with van der Waals surface area (Å²) in [6, 6.07) is 0. The van der Waals surface area contributed by atoms with Crippen LogP contribution in [0.5, 0.6) is 0 Å². The third kappa shape index (κ3) is 1.06. The van der Waals surface area contributed by atoms with Gasteiger partial charge >= 0.3 is 0 Å². The van der Waals surface area contributed by atoms with Crippen LogP contribution in [0.15, 0.2) is 10.2 Å². The third-order valence-corrected chi connectivity index (χ3v) is 1.72. The molecule has 1 aliphatic rings. The van der Waals surface area contributed by atoms with Crippen LogP contribution in [0, 0.1) is 6.92 Å². The van der Waals surface area contributed by atoms with E-state index in [4.69, 9.17) is 4.42 Å². The highest BCUT2D eigenvalue weighted by molar-refractivity contribution is 5.51. The zero-order valence-electron chi connectivity index (χ0n) is 6.22. The number of hydrogen-bond acceptors (Lipinski definition) is 2. The van der Waals surface area contributed by atoms with Gasteiger partial charge in [0.05, 0.1) is 0 Å². The normalized spacial score (nSPS) is 16.0. The molecule has 0 atom stereocenters. The van der Waals surface area contributed by atoms with Crippen molar-refractivity contribution in [3.63, 3.8) is 0 Å². The van der Waals surface area contributed by atoms with Crippen LogP contribution < -0.4 is 0 Å². The van der Waals surface area contributed by atoms with Crippen LogP contribution in [0.3, 0.4) is 0 Å². The van der Waals surface area contributed by atoms with Crippen LogP contribution in [0.2, 0.25) is 0 Å². The summed E-state index contributed by atoms with van der Waals surface area (Å²) in [5, 5.41) is 0. The minimum Gasteiger partial charge on any atom is -0.445 e. The van der Waals surface area contributed by atoms with Crippen LogP contribution in [0.4, 0.5) is 4.39 Å². The average Bonchev–Trinajstić information content (AvgIpc) is 2.27. The van der Waals surface area contributed by atoms with Gasteiger partial charge < -0.3 is 4.42 Å². The van der Waals surface area contributed by atoms with Gasteiger partial charge in [0.2, 0.25) is 0 Å². The lowest BCUT2D eigenvalue weighted by atomic mass is 10.1. The quantitative estimate of drug-likeness (QED) is 0.571. The molecule has 3 heteroatoms. The van der Waals surface area contributed by atoms with Crippen molar-refractivity contribution in [1.82, 2.24) is 4.98 Å². The third-order valence-electron chi connectivity index (χ3n) is 1.72. The van der Waals surface area contributed by atoms with Crippen LogP contribution >= 0.6 is 0 Å². The van der Waals surface area contributed by atoms with E-state index in [0.717, 1.165) is 5.76 Å². The Bertz CT molecular complexity index is 314. The first kappa shape index (κ1) is 6.58. The monoisotopic (exact) mass is 153 g/mol. The SMILES string of the molecule is Cc1nc2c(o1)CCC(F)=C2. The largest absolute Gasteiger partial charge is 0.445 e. The molecule has 0 radical (unpaired) electrons. The van der Waals surface area contributed by atoms with Gasteiger partial charge in [0.15, 0.2) is 5.89 Å². The number of rotatable bonds is 0. The van der Waals surface area contributed by atoms with E-state index in [9.17, 15) is 4.39 Å². The zero-order valence-corrected chi connectivity index (χ0v) is 6.22. The fourth-order valence-corrected chi connectivity index (χ4v) is 1.23. The number of oxazole rings is 1. The Kier molecular flexibility index (Phi) is 1.31. The minimum atomic E-state index is -0.106. The Balaban J connectivity index is 2.50. The average molecular weight is 153 g/mol. The van der Waals surface area contributed by atoms with Crippen LogP contribution in [0.25, 0.3) is 6.08 Å². The molecule has 0 spiro atoms. The zero-order chi connectivity index (χ0) is 7.84. The molecule has 58 valence electrons. The first-order chi connectivity index (χ1) is 5.25. The van der Waals surface area contributed by atoms with E-state index in [1.165, 1.54) is 6.08 Å². The van der Waals surface area contributed by atoms with Gasteiger partial charge in [-0.15, -0.1) is 0 Å². The van der Waals surface area contributed by atoms with Crippen molar-refractivity contribution >= 4 is 6.08 Å². The number of aromatic nitrogens is 1. The Morgan fingerprint density at radius 3 is 3.18 bits per heavy atom. The van der Waals surface area contributed by atoms with Crippen LogP contribution in [-0.4, -0.2) is 4.98 Å². The second-order valence-corrected chi connectivity index (χ2v) is 2.63. The number of hydrogen-bond donors (Lipinski definition) is 0. The molecule has 1 aliphatic carbocycles. The van der Waals surface area contributed by atoms with Gasteiger partial charge in [-0.25, -0.2) is 9.37 Å². The van der Waals surface area contributed by atoms with Gasteiger partial charge in [0.25, 0.3) is 0 Å². The fraction of sp³-hybridized carbons (Fsp3) is 0.375. The van der Waals surface area contributed by atoms with Crippen LogP contribution in [-0.2, 0) is 6.42 Å². The molecule has 0 unspecified atom stereocenters. The molecule has 0 saturated carbocycles. The first-order valence-corrected chi connectivity index (χ1v) is 3.58. The van der Waals surface area contributed by atoms with E-state index in [2.05, 4.69) is 4.98 Å². The summed E-state index contributed by atoms with van der Waals surface area (Å²) in [6.07, 6.45) is 2.52. The lowest BCUT2D eigenvalue weighted by Gasteiger charge is -2.02. The Morgan fingerprint density at radius 1 is 1.55 bits per heavy atom. The van der Waals surface area contributed by atoms with E-state index >= 15 is 0 Å². The van der Waals surface area contributed by atoms with Gasteiger partial charge in [-0.05, 0) is 6.08 Å². The molecule has 0 N–H and O–H groups in total. The lowest BCUT2D eigenvalue weighted by molar-refractivity contribution is 0.461. The molecule has 2 nitrogen and oxygen atoms in total. The minimum absolute atomic E-state index is 0.106. The van der Waals surface area contributed by atoms with Crippen molar-refractivity contribution in [2.24, 2.45) is 0 Å². The Labute approximate surface area is 63.7 Å². The molecule has 2 rings (SSSR count). The Morgan fingerprint density at radius 2 is 2.36 bits per heavy atom. The van der Waals surface area contributed by atoms with Crippen molar-refractivity contribution in [2.45, 2.75) is 19.8 Å². The van der Waals surface area contributed by atoms with E-state index in [-0.39, 0.29) is 5.83 Å². The Hall–Kier alpha value is -1.12. The number of halogens is 1. The van der Waals surface area contributed by atoms with Gasteiger partial charge in [0.1, 0.15) is 17.3 Å². The van der Waals surface area contributed by atoms with Crippen molar-refractivity contribution in [3.8, 4) is 0 Å². The molecule has 0 fully saturated rings. The highest BCUT2D eigenvalue weighted by atomic mass is 19.1. The van der Waals surface area contributed by atoms with E-state index in [1.54, 1.807) is 6.92 Å². The maximum absolute atomic E-state index is 12.7. The molecule has 0 aromatic carbocycles. The molecule has 11 heavy (non-hydrogen) atoms. The summed E-state index contributed by atoms with van der Waals surface area (Å²) >= 11 is 0. The molecule has 0 saturated heterocycles. The van der Waals surface area contributed by atoms with Crippen molar-refractivity contribution in [2.75, 3.05) is 0 Å². The number of aryl methyl sites for hydroxylation is 2. The van der Waals surface area contributed by atoms with Crippen molar-refractivity contribution < 1.29 is 8.81 Å². The maximum Gasteiger partial charge on any atom is 0.191 e. The highest BCUT2D eigenvalue weighted by Gasteiger charge is 2.15. The van der Waals surface area contributed by atoms with Gasteiger partial charge in [-0.1, -0.05) is 0 Å². The van der Waals surface area contributed by atoms with Gasteiger partial charge in [-0.2, -0.15) is 0 Å². The predicted octanol–water partition coefficient (Wildman–Crippen LogP) is 2.24. The molecule has 1 heterocycles. The molecule has 0 bridgehead atoms. The van der Waals surface area contributed by atoms with E-state index in [1.807, 2.05) is 0 Å². The maximum atomic E-state index is 12.7. The summed E-state index contributed by atoms with van der Waals surface area (Å²) in [4.78, 5) is 4.02. The molecule has 1 aromatic rings. The predicted molar refractivity (Wildman–Crippen MR) is 38.6 cm³/mol. The molecule has 1 aromatic heterocycles. The molecule has 0 amide bonds.